The number of benzene rings is 2. The molecule has 0 fully saturated rings. The maximum Gasteiger partial charge on any atom is 0.197 e. The Morgan fingerprint density at radius 1 is 1.14 bits per heavy atom. The first-order valence-corrected chi connectivity index (χ1v) is 12.3. The molecule has 3 rings (SSSR count). The van der Waals surface area contributed by atoms with Gasteiger partial charge in [-0.1, -0.05) is 20.8 Å². The van der Waals surface area contributed by atoms with Crippen molar-refractivity contribution in [3.63, 3.8) is 0 Å². The highest BCUT2D eigenvalue weighted by molar-refractivity contribution is 6.06. The number of halogens is 1. The summed E-state index contributed by atoms with van der Waals surface area (Å²) in [5.41, 5.74) is 2.27. The van der Waals surface area contributed by atoms with E-state index in [4.69, 9.17) is 24.9 Å². The van der Waals surface area contributed by atoms with Crippen LogP contribution in [0.3, 0.4) is 0 Å². The number of rotatable bonds is 10. The second-order valence-corrected chi connectivity index (χ2v) is 10.0. The standard InChI is InChI=1S/C28H35FN4O4/c1-8-35-22-14-18-15-33(27(31)23(18)24(29)26(22)36-9-2)16-21(34)17-12-19(28(3,4)5)25(37-11-10-30)20(13-17)32(6)7/h12-14,31H,8-9,11,15-16H2,1-7H3. The van der Waals surface area contributed by atoms with Crippen molar-refractivity contribution < 1.29 is 23.4 Å². The summed E-state index contributed by atoms with van der Waals surface area (Å²) in [6.07, 6.45) is 0. The molecule has 0 radical (unpaired) electrons. The summed E-state index contributed by atoms with van der Waals surface area (Å²) < 4.78 is 32.2. The third-order valence-electron chi connectivity index (χ3n) is 6.07. The van der Waals surface area contributed by atoms with Crippen LogP contribution in [0.25, 0.3) is 0 Å². The Bertz CT molecular complexity index is 1240. The number of anilines is 1. The molecule has 37 heavy (non-hydrogen) atoms. The number of nitriles is 1. The molecule has 0 spiro atoms. The van der Waals surface area contributed by atoms with E-state index >= 15 is 4.39 Å². The number of amidine groups is 1. The van der Waals surface area contributed by atoms with Gasteiger partial charge in [0.15, 0.2) is 29.7 Å². The van der Waals surface area contributed by atoms with E-state index in [2.05, 4.69) is 0 Å². The van der Waals surface area contributed by atoms with Crippen LogP contribution in [0.1, 0.15) is 61.7 Å². The third-order valence-corrected chi connectivity index (χ3v) is 6.07. The van der Waals surface area contributed by atoms with Gasteiger partial charge in [0.25, 0.3) is 0 Å². The van der Waals surface area contributed by atoms with Gasteiger partial charge in [-0.05, 0) is 43.0 Å². The molecule has 198 valence electrons. The normalized spacial score (nSPS) is 12.7. The fourth-order valence-corrected chi connectivity index (χ4v) is 4.34. The lowest BCUT2D eigenvalue weighted by atomic mass is 9.84. The third kappa shape index (κ3) is 5.63. The van der Waals surface area contributed by atoms with Crippen molar-refractivity contribution >= 4 is 17.3 Å². The average Bonchev–Trinajstić information content (AvgIpc) is 3.13. The number of nitrogens with zero attached hydrogens (tertiary/aromatic N) is 3. The Hall–Kier alpha value is -3.80. The van der Waals surface area contributed by atoms with Crippen LogP contribution in [0.15, 0.2) is 18.2 Å². The van der Waals surface area contributed by atoms with Gasteiger partial charge in [-0.3, -0.25) is 10.2 Å². The van der Waals surface area contributed by atoms with Crippen molar-refractivity contribution in [1.82, 2.24) is 4.90 Å². The van der Waals surface area contributed by atoms with Gasteiger partial charge in [-0.25, -0.2) is 4.39 Å². The smallest absolute Gasteiger partial charge is 0.197 e. The van der Waals surface area contributed by atoms with Gasteiger partial charge in [0, 0.05) is 31.8 Å². The van der Waals surface area contributed by atoms with Crippen LogP contribution in [0.4, 0.5) is 10.1 Å². The summed E-state index contributed by atoms with van der Waals surface area (Å²) in [7, 11) is 3.69. The molecule has 0 aromatic heterocycles. The molecule has 9 heteroatoms. The Labute approximate surface area is 218 Å². The zero-order chi connectivity index (χ0) is 27.5. The van der Waals surface area contributed by atoms with Crippen LogP contribution in [0.5, 0.6) is 17.2 Å². The molecule has 1 heterocycles. The van der Waals surface area contributed by atoms with E-state index in [9.17, 15) is 4.79 Å². The molecule has 0 aliphatic carbocycles. The second kappa shape index (κ2) is 11.1. The SMILES string of the molecule is CCOc1cc2c(c(F)c1OCC)C(=N)N(CC(=O)c1cc(N(C)C)c(OCC#N)c(C(C)(C)C)c1)C2. The average molecular weight is 511 g/mol. The van der Waals surface area contributed by atoms with Gasteiger partial charge in [0.1, 0.15) is 17.7 Å². The maximum absolute atomic E-state index is 15.4. The number of nitrogens with one attached hydrogen (secondary N) is 1. The minimum Gasteiger partial charge on any atom is -0.490 e. The molecular weight excluding hydrogens is 475 g/mol. The summed E-state index contributed by atoms with van der Waals surface area (Å²) in [5.74, 6) is -0.0897. The molecular formula is C28H35FN4O4. The first-order chi connectivity index (χ1) is 17.4. The largest absolute Gasteiger partial charge is 0.490 e. The molecule has 0 amide bonds. The number of fused-ring (bicyclic) bond motifs is 1. The fraction of sp³-hybridized carbons (Fsp3) is 0.464. The monoisotopic (exact) mass is 510 g/mol. The van der Waals surface area contributed by atoms with Crippen LogP contribution in [0.2, 0.25) is 0 Å². The second-order valence-electron chi connectivity index (χ2n) is 10.0. The molecule has 2 aromatic rings. The molecule has 2 aromatic carbocycles. The van der Waals surface area contributed by atoms with Crippen molar-refractivity contribution in [2.24, 2.45) is 0 Å². The van der Waals surface area contributed by atoms with Crippen molar-refractivity contribution in [1.29, 1.82) is 10.7 Å². The highest BCUT2D eigenvalue weighted by Gasteiger charge is 2.33. The molecule has 0 saturated heterocycles. The number of Topliss-reactive ketones (excluding diaryl/α,β-unsaturated/α-hetero) is 1. The van der Waals surface area contributed by atoms with Gasteiger partial charge in [-0.2, -0.15) is 5.26 Å². The van der Waals surface area contributed by atoms with Crippen LogP contribution in [-0.2, 0) is 12.0 Å². The number of carbonyl (C=O) groups excluding carboxylic acids is 1. The minimum atomic E-state index is -0.647. The quantitative estimate of drug-likeness (QED) is 0.453. The summed E-state index contributed by atoms with van der Waals surface area (Å²) >= 11 is 0. The molecule has 0 unspecified atom stereocenters. The topological polar surface area (TPSA) is 98.9 Å². The van der Waals surface area contributed by atoms with E-state index in [1.165, 1.54) is 0 Å². The van der Waals surface area contributed by atoms with E-state index in [0.29, 0.717) is 34.9 Å². The molecule has 1 aliphatic rings. The van der Waals surface area contributed by atoms with E-state index in [1.54, 1.807) is 36.9 Å². The zero-order valence-corrected chi connectivity index (χ0v) is 22.6. The predicted octanol–water partition coefficient (Wildman–Crippen LogP) is 4.91. The van der Waals surface area contributed by atoms with Crippen molar-refractivity contribution in [3.8, 4) is 23.3 Å². The highest BCUT2D eigenvalue weighted by atomic mass is 19.1. The Kier molecular flexibility index (Phi) is 8.32. The lowest BCUT2D eigenvalue weighted by Gasteiger charge is -2.28. The molecule has 8 nitrogen and oxygen atoms in total. The molecule has 0 atom stereocenters. The number of carbonyl (C=O) groups is 1. The highest BCUT2D eigenvalue weighted by Crippen LogP contribution is 2.41. The summed E-state index contributed by atoms with van der Waals surface area (Å²) in [5, 5.41) is 17.7. The van der Waals surface area contributed by atoms with Crippen molar-refractivity contribution in [2.45, 2.75) is 46.6 Å². The van der Waals surface area contributed by atoms with Gasteiger partial charge >= 0.3 is 0 Å². The van der Waals surface area contributed by atoms with Crippen LogP contribution < -0.4 is 19.1 Å². The van der Waals surface area contributed by atoms with Crippen molar-refractivity contribution in [3.05, 3.63) is 46.3 Å². The van der Waals surface area contributed by atoms with E-state index in [-0.39, 0.29) is 54.7 Å². The summed E-state index contributed by atoms with van der Waals surface area (Å²) in [6, 6.07) is 7.21. The van der Waals surface area contributed by atoms with Crippen LogP contribution in [0, 0.1) is 22.6 Å². The van der Waals surface area contributed by atoms with E-state index in [0.717, 1.165) is 5.56 Å². The van der Waals surface area contributed by atoms with Crippen LogP contribution >= 0.6 is 0 Å². The van der Waals surface area contributed by atoms with E-state index < -0.39 is 5.82 Å². The fourth-order valence-electron chi connectivity index (χ4n) is 4.34. The Morgan fingerprint density at radius 2 is 1.81 bits per heavy atom. The number of hydrogen-bond acceptors (Lipinski definition) is 7. The van der Waals surface area contributed by atoms with Gasteiger partial charge in [0.2, 0.25) is 0 Å². The van der Waals surface area contributed by atoms with Gasteiger partial charge in [0.05, 0.1) is 31.0 Å². The Balaban J connectivity index is 1.97. The number of ketones is 1. The lowest BCUT2D eigenvalue weighted by Crippen LogP contribution is -2.31. The molecule has 1 aliphatic heterocycles. The first kappa shape index (κ1) is 27.8. The van der Waals surface area contributed by atoms with Gasteiger partial charge < -0.3 is 24.0 Å². The number of hydrogen-bond donors (Lipinski definition) is 1. The predicted molar refractivity (Wildman–Crippen MR) is 141 cm³/mol. The van der Waals surface area contributed by atoms with Crippen LogP contribution in [-0.4, -0.2) is 57.0 Å². The molecule has 1 N–H and O–H groups in total. The number of ether oxygens (including phenoxy) is 3. The Morgan fingerprint density at radius 3 is 2.38 bits per heavy atom. The zero-order valence-electron chi connectivity index (χ0n) is 22.6. The first-order valence-electron chi connectivity index (χ1n) is 12.3. The van der Waals surface area contributed by atoms with Crippen molar-refractivity contribution in [2.75, 3.05) is 45.4 Å². The molecule has 0 bridgehead atoms. The maximum atomic E-state index is 15.4. The summed E-state index contributed by atoms with van der Waals surface area (Å²) in [6.45, 7) is 10.2. The summed E-state index contributed by atoms with van der Waals surface area (Å²) in [4.78, 5) is 16.9. The molecule has 0 saturated carbocycles. The van der Waals surface area contributed by atoms with E-state index in [1.807, 2.05) is 45.8 Å². The van der Waals surface area contributed by atoms with Gasteiger partial charge in [-0.15, -0.1) is 0 Å². The lowest BCUT2D eigenvalue weighted by molar-refractivity contribution is 0.0962. The minimum absolute atomic E-state index is 0.0144.